The first-order valence-corrected chi connectivity index (χ1v) is 6.59. The first kappa shape index (κ1) is 15.0. The molecule has 1 unspecified atom stereocenters. The fourth-order valence-electron chi connectivity index (χ4n) is 1.71. The number of rotatable bonds is 7. The van der Waals surface area contributed by atoms with E-state index in [4.69, 9.17) is 0 Å². The van der Waals surface area contributed by atoms with Crippen LogP contribution >= 0.6 is 0 Å². The maximum Gasteiger partial charge on any atom is 0.0122 e. The smallest absolute Gasteiger partial charge is 0.0122 e. The van der Waals surface area contributed by atoms with E-state index in [-0.39, 0.29) is 0 Å². The van der Waals surface area contributed by atoms with Gasteiger partial charge in [-0.2, -0.15) is 0 Å². The average Bonchev–Trinajstić information content (AvgIpc) is 2.13. The molecule has 0 aromatic carbocycles. The summed E-state index contributed by atoms with van der Waals surface area (Å²) in [6.45, 7) is 12.8. The number of unbranched alkanes of at least 4 members (excludes halogenated alkanes) is 1. The van der Waals surface area contributed by atoms with Crippen LogP contribution in [0.2, 0.25) is 0 Å². The Morgan fingerprint density at radius 2 is 1.60 bits per heavy atom. The Morgan fingerprint density at radius 3 is 2.07 bits per heavy atom. The Balaban J connectivity index is 3.52. The van der Waals surface area contributed by atoms with Gasteiger partial charge in [0.2, 0.25) is 0 Å². The molecule has 1 atom stereocenters. The molecule has 0 saturated heterocycles. The van der Waals surface area contributed by atoms with E-state index >= 15 is 0 Å². The molecular formula is C14H31N. The summed E-state index contributed by atoms with van der Waals surface area (Å²) in [7, 11) is 2.23. The van der Waals surface area contributed by atoms with Crippen molar-refractivity contribution in [2.45, 2.75) is 72.3 Å². The van der Waals surface area contributed by atoms with Crippen molar-refractivity contribution in [2.75, 3.05) is 13.6 Å². The van der Waals surface area contributed by atoms with Gasteiger partial charge in [-0.05, 0) is 53.1 Å². The van der Waals surface area contributed by atoms with Gasteiger partial charge in [0.1, 0.15) is 0 Å². The van der Waals surface area contributed by atoms with Crippen molar-refractivity contribution >= 4 is 0 Å². The summed E-state index contributed by atoms with van der Waals surface area (Å²) in [5, 5.41) is 0. The summed E-state index contributed by atoms with van der Waals surface area (Å²) >= 11 is 0. The summed E-state index contributed by atoms with van der Waals surface area (Å²) in [5.74, 6) is 0.915. The van der Waals surface area contributed by atoms with Crippen molar-refractivity contribution in [1.82, 2.24) is 4.90 Å². The van der Waals surface area contributed by atoms with E-state index in [9.17, 15) is 0 Å². The van der Waals surface area contributed by atoms with Gasteiger partial charge in [-0.3, -0.25) is 0 Å². The second kappa shape index (κ2) is 7.27. The van der Waals surface area contributed by atoms with Crippen molar-refractivity contribution in [3.8, 4) is 0 Å². The molecule has 0 aliphatic heterocycles. The molecule has 0 aliphatic rings. The minimum Gasteiger partial charge on any atom is -0.302 e. The first-order valence-electron chi connectivity index (χ1n) is 6.59. The Bertz CT molecular complexity index is 146. The number of nitrogens with zero attached hydrogens (tertiary/aromatic N) is 1. The molecule has 1 heteroatoms. The highest BCUT2D eigenvalue weighted by Crippen LogP contribution is 2.16. The van der Waals surface area contributed by atoms with Crippen LogP contribution in [-0.4, -0.2) is 24.0 Å². The zero-order valence-corrected chi connectivity index (χ0v) is 11.8. The van der Waals surface area contributed by atoms with Gasteiger partial charge in [0.15, 0.2) is 0 Å². The Hall–Kier alpha value is -0.0400. The standard InChI is InChI=1S/C14H31N/c1-7-8-10-13(2)11-9-12-15(6)14(3,4)5/h13H,7-12H2,1-6H3. The summed E-state index contributed by atoms with van der Waals surface area (Å²) in [6, 6.07) is 0. The Kier molecular flexibility index (Phi) is 7.25. The predicted molar refractivity (Wildman–Crippen MR) is 70.3 cm³/mol. The van der Waals surface area contributed by atoms with Crippen LogP contribution in [-0.2, 0) is 0 Å². The molecule has 0 fully saturated rings. The molecule has 0 aromatic rings. The van der Waals surface area contributed by atoms with Crippen LogP contribution in [0.25, 0.3) is 0 Å². The molecule has 0 bridgehead atoms. The van der Waals surface area contributed by atoms with Gasteiger partial charge in [0.25, 0.3) is 0 Å². The zero-order chi connectivity index (χ0) is 11.9. The van der Waals surface area contributed by atoms with Gasteiger partial charge in [0.05, 0.1) is 0 Å². The van der Waals surface area contributed by atoms with Crippen LogP contribution in [0, 0.1) is 5.92 Å². The maximum atomic E-state index is 2.46. The monoisotopic (exact) mass is 213 g/mol. The molecule has 0 rings (SSSR count). The molecule has 0 saturated carbocycles. The maximum absolute atomic E-state index is 2.46. The van der Waals surface area contributed by atoms with E-state index in [0.717, 1.165) is 5.92 Å². The van der Waals surface area contributed by atoms with Crippen LogP contribution in [0.5, 0.6) is 0 Å². The molecule has 0 heterocycles. The Labute approximate surface area is 97.2 Å². The summed E-state index contributed by atoms with van der Waals surface area (Å²) in [5.41, 5.74) is 0.326. The highest BCUT2D eigenvalue weighted by molar-refractivity contribution is 4.72. The molecule has 92 valence electrons. The number of hydrogen-bond donors (Lipinski definition) is 0. The third-order valence-corrected chi connectivity index (χ3v) is 3.39. The minimum atomic E-state index is 0.326. The van der Waals surface area contributed by atoms with E-state index in [1.165, 1.54) is 38.6 Å². The summed E-state index contributed by atoms with van der Waals surface area (Å²) in [6.07, 6.45) is 6.89. The van der Waals surface area contributed by atoms with Crippen molar-refractivity contribution in [1.29, 1.82) is 0 Å². The Morgan fingerprint density at radius 1 is 1.07 bits per heavy atom. The normalized spacial score (nSPS) is 14.6. The molecule has 0 aliphatic carbocycles. The van der Waals surface area contributed by atoms with Crippen LogP contribution < -0.4 is 0 Å². The highest BCUT2D eigenvalue weighted by Gasteiger charge is 2.16. The van der Waals surface area contributed by atoms with Gasteiger partial charge < -0.3 is 4.90 Å². The van der Waals surface area contributed by atoms with E-state index in [0.29, 0.717) is 5.54 Å². The lowest BCUT2D eigenvalue weighted by Crippen LogP contribution is -2.38. The van der Waals surface area contributed by atoms with Gasteiger partial charge in [-0.1, -0.05) is 33.1 Å². The van der Waals surface area contributed by atoms with Crippen LogP contribution in [0.1, 0.15) is 66.7 Å². The quantitative estimate of drug-likeness (QED) is 0.608. The first-order chi connectivity index (χ1) is 6.88. The lowest BCUT2D eigenvalue weighted by molar-refractivity contribution is 0.169. The molecule has 0 N–H and O–H groups in total. The summed E-state index contributed by atoms with van der Waals surface area (Å²) < 4.78 is 0. The molecule has 0 amide bonds. The molecule has 1 nitrogen and oxygen atoms in total. The minimum absolute atomic E-state index is 0.326. The van der Waals surface area contributed by atoms with Crippen molar-refractivity contribution in [3.05, 3.63) is 0 Å². The van der Waals surface area contributed by atoms with Crippen molar-refractivity contribution in [3.63, 3.8) is 0 Å². The van der Waals surface area contributed by atoms with E-state index in [2.05, 4.69) is 46.6 Å². The fourth-order valence-corrected chi connectivity index (χ4v) is 1.71. The molecular weight excluding hydrogens is 182 g/mol. The lowest BCUT2D eigenvalue weighted by Gasteiger charge is -2.32. The third kappa shape index (κ3) is 7.84. The van der Waals surface area contributed by atoms with Gasteiger partial charge >= 0.3 is 0 Å². The topological polar surface area (TPSA) is 3.24 Å². The average molecular weight is 213 g/mol. The SMILES string of the molecule is CCCCC(C)CCCN(C)C(C)(C)C. The third-order valence-electron chi connectivity index (χ3n) is 3.39. The molecule has 0 radical (unpaired) electrons. The second-order valence-corrected chi connectivity index (χ2v) is 5.98. The zero-order valence-electron chi connectivity index (χ0n) is 11.8. The van der Waals surface area contributed by atoms with Crippen LogP contribution in [0.4, 0.5) is 0 Å². The molecule has 15 heavy (non-hydrogen) atoms. The van der Waals surface area contributed by atoms with Crippen molar-refractivity contribution in [2.24, 2.45) is 5.92 Å². The van der Waals surface area contributed by atoms with Gasteiger partial charge in [-0.25, -0.2) is 0 Å². The van der Waals surface area contributed by atoms with Gasteiger partial charge in [-0.15, -0.1) is 0 Å². The van der Waals surface area contributed by atoms with Crippen LogP contribution in [0.3, 0.4) is 0 Å². The van der Waals surface area contributed by atoms with Crippen molar-refractivity contribution < 1.29 is 0 Å². The molecule has 0 aromatic heterocycles. The van der Waals surface area contributed by atoms with E-state index in [1.54, 1.807) is 0 Å². The fraction of sp³-hybridized carbons (Fsp3) is 1.00. The summed E-state index contributed by atoms with van der Waals surface area (Å²) in [4.78, 5) is 2.46. The second-order valence-electron chi connectivity index (χ2n) is 5.98. The lowest BCUT2D eigenvalue weighted by atomic mass is 9.98. The predicted octanol–water partition coefficient (Wildman–Crippen LogP) is 4.32. The van der Waals surface area contributed by atoms with Crippen LogP contribution in [0.15, 0.2) is 0 Å². The molecule has 0 spiro atoms. The highest BCUT2D eigenvalue weighted by atomic mass is 15.1. The van der Waals surface area contributed by atoms with Gasteiger partial charge in [0, 0.05) is 5.54 Å². The van der Waals surface area contributed by atoms with E-state index in [1.807, 2.05) is 0 Å². The van der Waals surface area contributed by atoms with E-state index < -0.39 is 0 Å². The number of hydrogen-bond acceptors (Lipinski definition) is 1. The largest absolute Gasteiger partial charge is 0.302 e.